The minimum absolute atomic E-state index is 0. The van der Waals surface area contributed by atoms with Crippen LogP contribution in [-0.2, 0) is 20.4 Å². The number of rotatable bonds is 0. The van der Waals surface area contributed by atoms with Crippen molar-refractivity contribution in [1.82, 2.24) is 0 Å². The summed E-state index contributed by atoms with van der Waals surface area (Å²) in [5.74, 6) is 0. The van der Waals surface area contributed by atoms with E-state index in [9.17, 15) is 0 Å². The molecule has 5 nitrogen and oxygen atoms in total. The van der Waals surface area contributed by atoms with Crippen LogP contribution in [0, 0.1) is 0 Å². The molecule has 0 radical (unpaired) electrons. The van der Waals surface area contributed by atoms with Gasteiger partial charge in [0.15, 0.2) is 0 Å². The molecule has 0 saturated carbocycles. The van der Waals surface area contributed by atoms with Crippen molar-refractivity contribution in [1.29, 1.82) is 0 Å². The molecule has 0 amide bonds. The fourth-order valence-electron chi connectivity index (χ4n) is 0. The smallest absolute Gasteiger partial charge is 0 e. The summed E-state index contributed by atoms with van der Waals surface area (Å²) in [5, 5.41) is 0. The van der Waals surface area contributed by atoms with Gasteiger partial charge in [0.1, 0.15) is 0 Å². The Balaban J connectivity index is 0. The first-order valence-electron chi connectivity index (χ1n) is 0. The van der Waals surface area contributed by atoms with Gasteiger partial charge >= 0.3 is 0 Å². The van der Waals surface area contributed by atoms with Gasteiger partial charge < -0.3 is 30.1 Å². The Hall–Kier alpha value is 0.752. The first-order valence-corrected chi connectivity index (χ1v) is 0. The van der Waals surface area contributed by atoms with E-state index < -0.39 is 0 Å². The third-order valence-corrected chi connectivity index (χ3v) is 0. The summed E-state index contributed by atoms with van der Waals surface area (Å²) in [6.45, 7) is 0. The van der Waals surface area contributed by atoms with E-state index in [2.05, 4.69) is 0 Å². The van der Waals surface area contributed by atoms with E-state index >= 15 is 0 Å². The number of nitrogens with two attached hydrogens (primary N) is 4. The molecule has 0 aromatic rings. The summed E-state index contributed by atoms with van der Waals surface area (Å²) in [7, 11) is 0. The van der Waals surface area contributed by atoms with Crippen molar-refractivity contribution in [2.75, 3.05) is 0 Å². The first-order chi connectivity index (χ1) is 0. The molecule has 7 heteroatoms. The van der Waals surface area contributed by atoms with E-state index in [4.69, 9.17) is 0 Å². The SMILES string of the molecule is Cl.O.[NH2-].[NH2-].[NH2-].[NH2-].[Pd]. The fourth-order valence-corrected chi connectivity index (χ4v) is 0. The van der Waals surface area contributed by atoms with Crippen LogP contribution in [0.1, 0.15) is 0 Å². The molecule has 0 atom stereocenters. The zero-order chi connectivity index (χ0) is 0. The van der Waals surface area contributed by atoms with Crippen molar-refractivity contribution in [3.63, 3.8) is 0 Å². The third kappa shape index (κ3) is 269. The molecule has 0 saturated heterocycles. The van der Waals surface area contributed by atoms with E-state index in [-0.39, 0.29) is 62.9 Å². The molecule has 58 valence electrons. The zero-order valence-corrected chi connectivity index (χ0v) is 5.90. The van der Waals surface area contributed by atoms with Gasteiger partial charge in [0, 0.05) is 20.4 Å². The van der Waals surface area contributed by atoms with Gasteiger partial charge in [0.05, 0.1) is 0 Å². The van der Waals surface area contributed by atoms with Crippen LogP contribution >= 0.6 is 12.4 Å². The summed E-state index contributed by atoms with van der Waals surface area (Å²) in [4.78, 5) is 0. The van der Waals surface area contributed by atoms with Gasteiger partial charge in [-0.3, -0.25) is 0 Å². The van der Waals surface area contributed by atoms with Crippen LogP contribution in [-0.4, -0.2) is 5.48 Å². The Labute approximate surface area is 63.3 Å². The van der Waals surface area contributed by atoms with Crippen molar-refractivity contribution in [3.05, 3.63) is 24.6 Å². The van der Waals surface area contributed by atoms with Crippen LogP contribution < -0.4 is 0 Å². The maximum absolute atomic E-state index is 0. The van der Waals surface area contributed by atoms with Crippen LogP contribution in [0.3, 0.4) is 0 Å². The van der Waals surface area contributed by atoms with Gasteiger partial charge in [0.25, 0.3) is 0 Å². The summed E-state index contributed by atoms with van der Waals surface area (Å²) in [6.07, 6.45) is 0. The number of halogens is 1. The maximum Gasteiger partial charge on any atom is 0 e. The van der Waals surface area contributed by atoms with Gasteiger partial charge in [-0.25, -0.2) is 0 Å². The molecular weight excluding hydrogens is 214 g/mol. The van der Waals surface area contributed by atoms with Gasteiger partial charge in [-0.05, 0) is 0 Å². The predicted octanol–water partition coefficient (Wildman–Crippen LogP) is 2.46. The average molecular weight is 225 g/mol. The van der Waals surface area contributed by atoms with Crippen molar-refractivity contribution in [2.24, 2.45) is 0 Å². The van der Waals surface area contributed by atoms with Crippen molar-refractivity contribution < 1.29 is 25.9 Å². The zero-order valence-electron chi connectivity index (χ0n) is 3.53. The summed E-state index contributed by atoms with van der Waals surface area (Å²) >= 11 is 0. The summed E-state index contributed by atoms with van der Waals surface area (Å²) in [5.41, 5.74) is 0. The second-order valence-electron chi connectivity index (χ2n) is 0. The first kappa shape index (κ1) is 624. The molecule has 0 bridgehead atoms. The van der Waals surface area contributed by atoms with Gasteiger partial charge in [0.2, 0.25) is 0 Å². The summed E-state index contributed by atoms with van der Waals surface area (Å²) < 4.78 is 0. The van der Waals surface area contributed by atoms with E-state index in [0.29, 0.717) is 0 Å². The molecule has 10 N–H and O–H groups in total. The summed E-state index contributed by atoms with van der Waals surface area (Å²) in [6, 6.07) is 0. The molecule has 0 aromatic heterocycles. The number of hydrogen-bond acceptors (Lipinski definition) is 0. The van der Waals surface area contributed by atoms with Crippen molar-refractivity contribution in [3.8, 4) is 0 Å². The second-order valence-corrected chi connectivity index (χ2v) is 0. The van der Waals surface area contributed by atoms with Gasteiger partial charge in [-0.2, -0.15) is 0 Å². The molecule has 0 rings (SSSR count). The Morgan fingerprint density at radius 2 is 0.571 bits per heavy atom. The molecule has 0 heterocycles. The molecule has 0 unspecified atom stereocenters. The minimum atomic E-state index is 0. The van der Waals surface area contributed by atoms with Gasteiger partial charge in [-0.1, -0.05) is 0 Å². The molecule has 0 fully saturated rings. The van der Waals surface area contributed by atoms with E-state index in [1.54, 1.807) is 0 Å². The molecule has 0 aliphatic heterocycles. The van der Waals surface area contributed by atoms with Gasteiger partial charge in [-0.15, -0.1) is 12.4 Å². The topological polar surface area (TPSA) is 166 Å². The largest absolute Gasteiger partial charge is 0.693 e. The normalized spacial score (nSPS) is 0. The Kier molecular flexibility index (Phi) is 35200. The van der Waals surface area contributed by atoms with Crippen molar-refractivity contribution in [2.45, 2.75) is 0 Å². The molecular formula is H11ClN4OPd-4. The molecule has 0 spiro atoms. The van der Waals surface area contributed by atoms with Crippen LogP contribution in [0.25, 0.3) is 24.6 Å². The average Bonchev–Trinajstić information content (AvgIpc) is 0. The Morgan fingerprint density at radius 3 is 0.571 bits per heavy atom. The molecule has 0 aliphatic rings. The third-order valence-electron chi connectivity index (χ3n) is 0. The molecule has 0 aliphatic carbocycles. The second kappa shape index (κ2) is 395. The minimum Gasteiger partial charge on any atom is -0.693 e. The molecule has 0 aromatic carbocycles. The Morgan fingerprint density at radius 1 is 0.571 bits per heavy atom. The van der Waals surface area contributed by atoms with E-state index in [0.717, 1.165) is 0 Å². The number of hydrogen-bond donors (Lipinski definition) is 0. The maximum atomic E-state index is 0. The van der Waals surface area contributed by atoms with Crippen LogP contribution in [0.2, 0.25) is 0 Å². The Bertz CT molecular complexity index is 11.7. The molecule has 7 heavy (non-hydrogen) atoms. The van der Waals surface area contributed by atoms with E-state index in [1.807, 2.05) is 0 Å². The fraction of sp³-hybridized carbons (Fsp3) is 0. The van der Waals surface area contributed by atoms with Crippen LogP contribution in [0.5, 0.6) is 0 Å². The van der Waals surface area contributed by atoms with E-state index in [1.165, 1.54) is 0 Å². The monoisotopic (exact) mass is 224 g/mol. The van der Waals surface area contributed by atoms with Crippen molar-refractivity contribution >= 4 is 12.4 Å². The standard InChI is InChI=1S/ClH.4H2N.H2O.Pd/h1H;5*1H2;/q;4*-1;;. The van der Waals surface area contributed by atoms with Crippen LogP contribution in [0.4, 0.5) is 0 Å². The van der Waals surface area contributed by atoms with Crippen LogP contribution in [0.15, 0.2) is 0 Å². The predicted molar refractivity (Wildman–Crippen MR) is 32.0 cm³/mol. The quantitative estimate of drug-likeness (QED) is 0.552.